The number of nitrogens with zero attached hydrogens (tertiary/aromatic N) is 1. The van der Waals surface area contributed by atoms with Gasteiger partial charge < -0.3 is 10.5 Å². The fraction of sp³-hybridized carbons (Fsp3) is 0.294. The van der Waals surface area contributed by atoms with Crippen LogP contribution in [0.2, 0.25) is 0 Å². The largest absolute Gasteiger partial charge is 0.462 e. The summed E-state index contributed by atoms with van der Waals surface area (Å²) in [5.41, 5.74) is 8.55. The zero-order valence-corrected chi connectivity index (χ0v) is 14.5. The van der Waals surface area contributed by atoms with E-state index in [9.17, 15) is 4.79 Å². The van der Waals surface area contributed by atoms with Crippen molar-refractivity contribution in [1.29, 1.82) is 0 Å². The van der Waals surface area contributed by atoms with Gasteiger partial charge >= 0.3 is 5.97 Å². The number of benzene rings is 1. The third-order valence-corrected chi connectivity index (χ3v) is 5.28. The van der Waals surface area contributed by atoms with Crippen molar-refractivity contribution >= 4 is 45.3 Å². The lowest BCUT2D eigenvalue weighted by Gasteiger charge is -2.22. The molecule has 0 fully saturated rings. The van der Waals surface area contributed by atoms with Crippen LogP contribution in [-0.2, 0) is 17.6 Å². The second kappa shape index (κ2) is 6.68. The number of nitrogens with two attached hydrogens (primary N) is 1. The average Bonchev–Trinajstić information content (AvgIpc) is 3.09. The number of hydrogen-bond acceptors (Lipinski definition) is 4. The normalized spacial score (nSPS) is 12.7. The molecule has 0 amide bonds. The number of thiophene rings is 1. The zero-order chi connectivity index (χ0) is 16.4. The summed E-state index contributed by atoms with van der Waals surface area (Å²) >= 11 is 6.85. The van der Waals surface area contributed by atoms with Crippen LogP contribution >= 0.6 is 23.6 Å². The number of aryl methyl sites for hydroxylation is 1. The van der Waals surface area contributed by atoms with E-state index in [1.165, 1.54) is 4.88 Å². The van der Waals surface area contributed by atoms with E-state index in [1.54, 1.807) is 16.2 Å². The third kappa shape index (κ3) is 2.96. The summed E-state index contributed by atoms with van der Waals surface area (Å²) in [5, 5.41) is 0.994. The van der Waals surface area contributed by atoms with Gasteiger partial charge in [0.05, 0.1) is 12.2 Å². The molecule has 23 heavy (non-hydrogen) atoms. The van der Waals surface area contributed by atoms with Gasteiger partial charge in [-0.2, -0.15) is 0 Å². The quantitative estimate of drug-likeness (QED) is 0.674. The molecule has 0 unspecified atom stereocenters. The van der Waals surface area contributed by atoms with Crippen LogP contribution in [0.5, 0.6) is 0 Å². The number of carbonyl (C=O) groups is 1. The molecular formula is C17H18N2O2S2. The smallest absolute Gasteiger partial charge is 0.341 e. The number of ether oxygens (including phenoxy) is 1. The number of esters is 1. The summed E-state index contributed by atoms with van der Waals surface area (Å²) in [7, 11) is 0. The van der Waals surface area contributed by atoms with Crippen LogP contribution in [-0.4, -0.2) is 17.7 Å². The summed E-state index contributed by atoms with van der Waals surface area (Å²) in [4.78, 5) is 15.5. The molecule has 6 heteroatoms. The Morgan fingerprint density at radius 1 is 1.35 bits per heavy atom. The Kier molecular flexibility index (Phi) is 4.63. The molecule has 0 saturated carbocycles. The first kappa shape index (κ1) is 16.0. The predicted molar refractivity (Wildman–Crippen MR) is 97.7 cm³/mol. The summed E-state index contributed by atoms with van der Waals surface area (Å²) in [6.07, 6.45) is 2.97. The Hall–Kier alpha value is -1.92. The van der Waals surface area contributed by atoms with Gasteiger partial charge in [0.15, 0.2) is 5.11 Å². The van der Waals surface area contributed by atoms with E-state index in [1.807, 2.05) is 37.3 Å². The second-order valence-electron chi connectivity index (χ2n) is 5.27. The zero-order valence-electron chi connectivity index (χ0n) is 12.9. The van der Waals surface area contributed by atoms with Gasteiger partial charge in [-0.1, -0.05) is 18.2 Å². The lowest BCUT2D eigenvalue weighted by molar-refractivity contribution is 0.0527. The van der Waals surface area contributed by atoms with Crippen LogP contribution in [0.4, 0.5) is 10.7 Å². The first-order chi connectivity index (χ1) is 11.1. The van der Waals surface area contributed by atoms with Crippen LogP contribution in [0.25, 0.3) is 0 Å². The fourth-order valence-corrected chi connectivity index (χ4v) is 4.55. The maximum Gasteiger partial charge on any atom is 0.341 e. The number of para-hydroxylation sites is 1. The highest BCUT2D eigenvalue weighted by molar-refractivity contribution is 7.80. The van der Waals surface area contributed by atoms with Gasteiger partial charge in [0.2, 0.25) is 0 Å². The Balaban J connectivity index is 2.14. The van der Waals surface area contributed by atoms with Gasteiger partial charge in [-0.3, -0.25) is 4.90 Å². The Bertz CT molecular complexity index is 741. The fourth-order valence-electron chi connectivity index (χ4n) is 2.88. The maximum atomic E-state index is 12.5. The molecule has 0 atom stereocenters. The molecule has 2 N–H and O–H groups in total. The van der Waals surface area contributed by atoms with E-state index in [2.05, 4.69) is 0 Å². The third-order valence-electron chi connectivity index (χ3n) is 3.82. The summed E-state index contributed by atoms with van der Waals surface area (Å²) in [5.74, 6) is -0.293. The van der Waals surface area contributed by atoms with E-state index in [0.29, 0.717) is 12.2 Å². The lowest BCUT2D eigenvalue weighted by atomic mass is 10.1. The summed E-state index contributed by atoms with van der Waals surface area (Å²) in [6, 6.07) is 9.64. The van der Waals surface area contributed by atoms with Crippen LogP contribution in [0, 0.1) is 0 Å². The lowest BCUT2D eigenvalue weighted by Crippen LogP contribution is -2.31. The van der Waals surface area contributed by atoms with Gasteiger partial charge in [-0.05, 0) is 56.1 Å². The highest BCUT2D eigenvalue weighted by atomic mass is 32.1. The number of rotatable bonds is 4. The van der Waals surface area contributed by atoms with Gasteiger partial charge in [0.1, 0.15) is 5.00 Å². The number of thiocarbonyl (C=S) groups is 1. The van der Waals surface area contributed by atoms with Crippen molar-refractivity contribution in [3.63, 3.8) is 0 Å². The first-order valence-corrected chi connectivity index (χ1v) is 8.82. The minimum absolute atomic E-state index is 0.224. The van der Waals surface area contributed by atoms with Crippen molar-refractivity contribution in [3.8, 4) is 0 Å². The summed E-state index contributed by atoms with van der Waals surface area (Å²) < 4.78 is 5.27. The van der Waals surface area contributed by atoms with Crippen LogP contribution in [0.1, 0.15) is 34.1 Å². The number of hydrogen-bond donors (Lipinski definition) is 1. The molecule has 4 nitrogen and oxygen atoms in total. The molecule has 0 aliphatic heterocycles. The van der Waals surface area contributed by atoms with Gasteiger partial charge in [-0.25, -0.2) is 4.79 Å². The van der Waals surface area contributed by atoms with Gasteiger partial charge in [0, 0.05) is 10.6 Å². The van der Waals surface area contributed by atoms with E-state index in [0.717, 1.165) is 35.5 Å². The van der Waals surface area contributed by atoms with Crippen molar-refractivity contribution in [2.75, 3.05) is 11.5 Å². The topological polar surface area (TPSA) is 55.6 Å². The van der Waals surface area contributed by atoms with E-state index in [4.69, 9.17) is 22.7 Å². The molecule has 1 heterocycles. The Morgan fingerprint density at radius 3 is 2.74 bits per heavy atom. The van der Waals surface area contributed by atoms with Crippen LogP contribution in [0.3, 0.4) is 0 Å². The molecule has 1 aromatic heterocycles. The number of fused-ring (bicyclic) bond motifs is 1. The van der Waals surface area contributed by atoms with Crippen molar-refractivity contribution in [2.24, 2.45) is 5.73 Å². The molecule has 1 aliphatic carbocycles. The van der Waals surface area contributed by atoms with Crippen molar-refractivity contribution in [2.45, 2.75) is 26.2 Å². The Labute approximate surface area is 144 Å². The maximum absolute atomic E-state index is 12.5. The first-order valence-electron chi connectivity index (χ1n) is 7.59. The molecule has 2 aromatic rings. The molecule has 0 radical (unpaired) electrons. The van der Waals surface area contributed by atoms with Crippen molar-refractivity contribution in [3.05, 3.63) is 46.3 Å². The predicted octanol–water partition coefficient (Wildman–Crippen LogP) is 3.80. The molecule has 120 valence electrons. The molecule has 0 bridgehead atoms. The van der Waals surface area contributed by atoms with Gasteiger partial charge in [0.25, 0.3) is 0 Å². The SMILES string of the molecule is CCOC(=O)c1c(N(C(N)=S)c2ccccc2)sc2c1CCC2. The highest BCUT2D eigenvalue weighted by Gasteiger charge is 2.31. The van der Waals surface area contributed by atoms with Crippen LogP contribution < -0.4 is 10.6 Å². The summed E-state index contributed by atoms with van der Waals surface area (Å²) in [6.45, 7) is 2.16. The minimum Gasteiger partial charge on any atom is -0.462 e. The van der Waals surface area contributed by atoms with E-state index < -0.39 is 0 Å². The van der Waals surface area contributed by atoms with Crippen molar-refractivity contribution in [1.82, 2.24) is 0 Å². The number of anilines is 2. The average molecular weight is 346 g/mol. The van der Waals surface area contributed by atoms with Crippen molar-refractivity contribution < 1.29 is 9.53 Å². The molecule has 0 saturated heterocycles. The minimum atomic E-state index is -0.293. The van der Waals surface area contributed by atoms with Crippen LogP contribution in [0.15, 0.2) is 30.3 Å². The standard InChI is InChI=1S/C17H18N2O2S2/c1-2-21-16(20)14-12-9-6-10-13(12)23-15(14)19(17(18)22)11-7-4-3-5-8-11/h3-5,7-8H,2,6,9-10H2,1H3,(H2,18,22). The van der Waals surface area contributed by atoms with Gasteiger partial charge in [-0.15, -0.1) is 11.3 Å². The highest BCUT2D eigenvalue weighted by Crippen LogP contribution is 2.43. The second-order valence-corrected chi connectivity index (χ2v) is 6.77. The molecule has 0 spiro atoms. The van der Waals surface area contributed by atoms with E-state index in [-0.39, 0.29) is 11.1 Å². The molecule has 3 rings (SSSR count). The molecular weight excluding hydrogens is 328 g/mol. The molecule has 1 aromatic carbocycles. The monoisotopic (exact) mass is 346 g/mol. The molecule has 1 aliphatic rings. The number of carbonyl (C=O) groups excluding carboxylic acids is 1. The van der Waals surface area contributed by atoms with E-state index >= 15 is 0 Å². The Morgan fingerprint density at radius 2 is 2.09 bits per heavy atom.